The van der Waals surface area contributed by atoms with Gasteiger partial charge in [0.1, 0.15) is 6.10 Å². The maximum absolute atomic E-state index is 6.39. The van der Waals surface area contributed by atoms with Crippen LogP contribution in [0.15, 0.2) is 18.2 Å². The SMILES string of the molecule is Cc1ccc2c(c1C)CO[C@@H]2[C@H]1c2c(cc3c(c2C)OCO3)CCN1C. The molecule has 3 aliphatic heterocycles. The summed E-state index contributed by atoms with van der Waals surface area (Å²) in [5.41, 5.74) is 9.35. The van der Waals surface area contributed by atoms with E-state index < -0.39 is 0 Å². The molecule has 0 amide bonds. The van der Waals surface area contributed by atoms with Crippen LogP contribution in [-0.4, -0.2) is 25.3 Å². The number of aryl methyl sites for hydroxylation is 1. The lowest BCUT2D eigenvalue weighted by Crippen LogP contribution is -2.36. The standard InChI is InChI=1S/C22H25NO3/c1-12-5-6-16-17(13(12)2)10-24-22(16)20-19-14(3)21-18(25-11-26-21)9-15(19)7-8-23(20)4/h5-6,9,20,22H,7-8,10-11H2,1-4H3/t20-,22+/m1/s1. The molecule has 0 radical (unpaired) electrons. The second kappa shape index (κ2) is 5.73. The Morgan fingerprint density at radius 3 is 2.77 bits per heavy atom. The molecule has 2 aromatic carbocycles. The molecule has 2 atom stereocenters. The highest BCUT2D eigenvalue weighted by Crippen LogP contribution is 2.50. The first-order chi connectivity index (χ1) is 12.6. The zero-order chi connectivity index (χ0) is 18.0. The quantitative estimate of drug-likeness (QED) is 0.773. The van der Waals surface area contributed by atoms with Gasteiger partial charge >= 0.3 is 0 Å². The molecule has 4 heteroatoms. The predicted octanol–water partition coefficient (Wildman–Crippen LogP) is 4.14. The van der Waals surface area contributed by atoms with Crippen LogP contribution in [-0.2, 0) is 17.8 Å². The molecule has 0 spiro atoms. The molecule has 3 heterocycles. The van der Waals surface area contributed by atoms with Crippen molar-refractivity contribution in [1.82, 2.24) is 4.90 Å². The molecule has 0 fully saturated rings. The fourth-order valence-electron chi connectivity index (χ4n) is 4.82. The van der Waals surface area contributed by atoms with Crippen molar-refractivity contribution in [1.29, 1.82) is 0 Å². The minimum absolute atomic E-state index is 0.0624. The molecule has 0 aromatic heterocycles. The summed E-state index contributed by atoms with van der Waals surface area (Å²) >= 11 is 0. The molecule has 136 valence electrons. The Kier molecular flexibility index (Phi) is 3.56. The first kappa shape index (κ1) is 16.2. The van der Waals surface area contributed by atoms with Gasteiger partial charge in [0.15, 0.2) is 11.5 Å². The van der Waals surface area contributed by atoms with Gasteiger partial charge in [0, 0.05) is 12.1 Å². The van der Waals surface area contributed by atoms with Crippen molar-refractivity contribution in [3.05, 3.63) is 57.1 Å². The molecule has 5 rings (SSSR count). The van der Waals surface area contributed by atoms with Gasteiger partial charge in [-0.2, -0.15) is 0 Å². The molecule has 2 aromatic rings. The number of rotatable bonds is 1. The lowest BCUT2D eigenvalue weighted by atomic mass is 9.83. The van der Waals surface area contributed by atoms with E-state index in [4.69, 9.17) is 14.2 Å². The lowest BCUT2D eigenvalue weighted by molar-refractivity contribution is -0.00403. The molecule has 0 bridgehead atoms. The van der Waals surface area contributed by atoms with Crippen molar-refractivity contribution in [3.8, 4) is 11.5 Å². The minimum Gasteiger partial charge on any atom is -0.454 e. The number of likely N-dealkylation sites (N-methyl/N-ethyl adjacent to an activating group) is 1. The second-order valence-corrected chi connectivity index (χ2v) is 7.79. The Morgan fingerprint density at radius 2 is 1.92 bits per heavy atom. The molecule has 4 nitrogen and oxygen atoms in total. The van der Waals surface area contributed by atoms with Crippen molar-refractivity contribution in [2.24, 2.45) is 0 Å². The van der Waals surface area contributed by atoms with E-state index in [1.807, 2.05) is 0 Å². The average Bonchev–Trinajstić information content (AvgIpc) is 3.26. The van der Waals surface area contributed by atoms with Gasteiger partial charge in [0.25, 0.3) is 0 Å². The van der Waals surface area contributed by atoms with Crippen molar-refractivity contribution in [2.75, 3.05) is 20.4 Å². The van der Waals surface area contributed by atoms with E-state index in [1.165, 1.54) is 38.9 Å². The number of hydrogen-bond acceptors (Lipinski definition) is 4. The highest BCUT2D eigenvalue weighted by atomic mass is 16.7. The van der Waals surface area contributed by atoms with Crippen molar-refractivity contribution in [2.45, 2.75) is 45.9 Å². The van der Waals surface area contributed by atoms with Crippen LogP contribution < -0.4 is 9.47 Å². The highest BCUT2D eigenvalue weighted by molar-refractivity contribution is 5.57. The highest BCUT2D eigenvalue weighted by Gasteiger charge is 2.40. The number of benzene rings is 2. The molecule has 0 saturated heterocycles. The van der Waals surface area contributed by atoms with E-state index in [-0.39, 0.29) is 12.1 Å². The molecular weight excluding hydrogens is 326 g/mol. The third-order valence-corrected chi connectivity index (χ3v) is 6.45. The summed E-state index contributed by atoms with van der Waals surface area (Å²) in [5.74, 6) is 1.80. The summed E-state index contributed by atoms with van der Waals surface area (Å²) in [6.45, 7) is 8.60. The Hall–Kier alpha value is -2.04. The van der Waals surface area contributed by atoms with Gasteiger partial charge in [-0.25, -0.2) is 0 Å². The van der Waals surface area contributed by atoms with Gasteiger partial charge in [0.2, 0.25) is 6.79 Å². The summed E-state index contributed by atoms with van der Waals surface area (Å²) in [6, 6.07) is 6.88. The lowest BCUT2D eigenvalue weighted by Gasteiger charge is -2.39. The molecule has 0 unspecified atom stereocenters. The maximum atomic E-state index is 6.39. The van der Waals surface area contributed by atoms with Gasteiger partial charge in [-0.3, -0.25) is 4.90 Å². The Labute approximate surface area is 154 Å². The number of nitrogens with zero attached hydrogens (tertiary/aromatic N) is 1. The van der Waals surface area contributed by atoms with Crippen molar-refractivity contribution in [3.63, 3.8) is 0 Å². The topological polar surface area (TPSA) is 30.9 Å². The van der Waals surface area contributed by atoms with Gasteiger partial charge in [-0.15, -0.1) is 0 Å². The Balaban J connectivity index is 1.66. The van der Waals surface area contributed by atoms with Crippen LogP contribution >= 0.6 is 0 Å². The molecule has 0 aliphatic carbocycles. The predicted molar refractivity (Wildman–Crippen MR) is 99.8 cm³/mol. The number of fused-ring (bicyclic) bond motifs is 3. The Morgan fingerprint density at radius 1 is 1.08 bits per heavy atom. The molecular formula is C22H25NO3. The monoisotopic (exact) mass is 351 g/mol. The van der Waals surface area contributed by atoms with Gasteiger partial charge < -0.3 is 14.2 Å². The first-order valence-electron chi connectivity index (χ1n) is 9.39. The summed E-state index contributed by atoms with van der Waals surface area (Å²) in [6.07, 6.45) is 1.10. The van der Waals surface area contributed by atoms with E-state index in [0.29, 0.717) is 13.4 Å². The maximum Gasteiger partial charge on any atom is 0.231 e. The van der Waals surface area contributed by atoms with Crippen LogP contribution in [0.3, 0.4) is 0 Å². The smallest absolute Gasteiger partial charge is 0.231 e. The summed E-state index contributed by atoms with van der Waals surface area (Å²) in [5, 5.41) is 0. The third kappa shape index (κ3) is 2.15. The molecule has 26 heavy (non-hydrogen) atoms. The van der Waals surface area contributed by atoms with E-state index >= 15 is 0 Å². The van der Waals surface area contributed by atoms with Gasteiger partial charge in [-0.05, 0) is 73.7 Å². The molecule has 0 saturated carbocycles. The van der Waals surface area contributed by atoms with Gasteiger partial charge in [0.05, 0.1) is 12.6 Å². The molecule has 3 aliphatic rings. The third-order valence-electron chi connectivity index (χ3n) is 6.45. The summed E-state index contributed by atoms with van der Waals surface area (Å²) in [4.78, 5) is 2.44. The zero-order valence-electron chi connectivity index (χ0n) is 15.9. The summed E-state index contributed by atoms with van der Waals surface area (Å²) < 4.78 is 17.8. The van der Waals surface area contributed by atoms with Crippen molar-refractivity contribution >= 4 is 0 Å². The fraction of sp³-hybridized carbons (Fsp3) is 0.455. The van der Waals surface area contributed by atoms with Crippen molar-refractivity contribution < 1.29 is 14.2 Å². The normalized spacial score (nSPS) is 23.8. The van der Waals surface area contributed by atoms with E-state index in [0.717, 1.165) is 24.5 Å². The van der Waals surface area contributed by atoms with Crippen LogP contribution in [0.2, 0.25) is 0 Å². The minimum atomic E-state index is 0.0624. The van der Waals surface area contributed by atoms with Crippen LogP contribution in [0.1, 0.15) is 51.1 Å². The van der Waals surface area contributed by atoms with Crippen LogP contribution in [0.4, 0.5) is 0 Å². The van der Waals surface area contributed by atoms with Crippen LogP contribution in [0.5, 0.6) is 11.5 Å². The van der Waals surface area contributed by atoms with Gasteiger partial charge in [-0.1, -0.05) is 12.1 Å². The zero-order valence-corrected chi connectivity index (χ0v) is 15.9. The number of hydrogen-bond donors (Lipinski definition) is 0. The van der Waals surface area contributed by atoms with Crippen LogP contribution in [0, 0.1) is 20.8 Å². The van der Waals surface area contributed by atoms with E-state index in [9.17, 15) is 0 Å². The van der Waals surface area contributed by atoms with Crippen LogP contribution in [0.25, 0.3) is 0 Å². The first-order valence-corrected chi connectivity index (χ1v) is 9.39. The average molecular weight is 351 g/mol. The number of ether oxygens (including phenoxy) is 3. The Bertz CT molecular complexity index is 905. The fourth-order valence-corrected chi connectivity index (χ4v) is 4.82. The summed E-state index contributed by atoms with van der Waals surface area (Å²) in [7, 11) is 2.21. The van der Waals surface area contributed by atoms with E-state index in [1.54, 1.807) is 0 Å². The molecule has 0 N–H and O–H groups in total. The largest absolute Gasteiger partial charge is 0.454 e. The second-order valence-electron chi connectivity index (χ2n) is 7.79. The van der Waals surface area contributed by atoms with E-state index in [2.05, 4.69) is 50.9 Å².